The number of phenols is 1. The number of benzene rings is 1. The fourth-order valence-corrected chi connectivity index (χ4v) is 6.22. The minimum atomic E-state index is -3.94. The maximum Gasteiger partial charge on any atom is 0.409 e. The molecule has 1 heterocycles. The fourth-order valence-electron chi connectivity index (χ4n) is 3.58. The van der Waals surface area contributed by atoms with Crippen LogP contribution in [-0.2, 0) is 14.6 Å². The van der Waals surface area contributed by atoms with Crippen molar-refractivity contribution in [3.8, 4) is 5.75 Å². The van der Waals surface area contributed by atoms with Gasteiger partial charge in [-0.3, -0.25) is 5.32 Å². The van der Waals surface area contributed by atoms with Crippen LogP contribution in [0.5, 0.6) is 5.75 Å². The Bertz CT molecular complexity index is 779. The van der Waals surface area contributed by atoms with E-state index in [1.165, 1.54) is 12.1 Å². The van der Waals surface area contributed by atoms with Gasteiger partial charge < -0.3 is 14.9 Å². The third-order valence-corrected chi connectivity index (χ3v) is 7.52. The molecule has 0 bridgehead atoms. The molecule has 1 aromatic rings. The standard InChI is InChI=1S/C14H16ClNO6S/c1-13(4-14(5-13)6-22-7-14)23(20,21)11-8(15)2-3-9(10(11)17)16-12(18)19/h2-3,16-17H,4-7H2,1H3,(H,18,19). The van der Waals surface area contributed by atoms with Crippen molar-refractivity contribution in [3.05, 3.63) is 17.2 Å². The predicted molar refractivity (Wildman–Crippen MR) is 82.8 cm³/mol. The highest BCUT2D eigenvalue weighted by Crippen LogP contribution is 2.59. The van der Waals surface area contributed by atoms with Gasteiger partial charge in [0.1, 0.15) is 4.90 Å². The third-order valence-electron chi connectivity index (χ3n) is 4.56. The molecule has 1 aliphatic heterocycles. The Kier molecular flexibility index (Phi) is 3.55. The topological polar surface area (TPSA) is 113 Å². The largest absolute Gasteiger partial charge is 0.504 e. The van der Waals surface area contributed by atoms with E-state index in [1.54, 1.807) is 6.92 Å². The van der Waals surface area contributed by atoms with Crippen LogP contribution >= 0.6 is 11.6 Å². The van der Waals surface area contributed by atoms with Crippen LogP contribution in [-0.4, -0.2) is 42.7 Å². The number of rotatable bonds is 3. The Morgan fingerprint density at radius 1 is 1.35 bits per heavy atom. The van der Waals surface area contributed by atoms with Crippen LogP contribution < -0.4 is 5.32 Å². The smallest absolute Gasteiger partial charge is 0.409 e. The fraction of sp³-hybridized carbons (Fsp3) is 0.500. The highest BCUT2D eigenvalue weighted by atomic mass is 35.5. The number of nitrogens with one attached hydrogen (secondary N) is 1. The lowest BCUT2D eigenvalue weighted by atomic mass is 9.61. The van der Waals surface area contributed by atoms with E-state index in [4.69, 9.17) is 21.4 Å². The van der Waals surface area contributed by atoms with Gasteiger partial charge in [0, 0.05) is 5.41 Å². The highest BCUT2D eigenvalue weighted by molar-refractivity contribution is 7.93. The first-order chi connectivity index (χ1) is 10.6. The number of phenolic OH excluding ortho intramolecular Hbond substituents is 1. The zero-order valence-corrected chi connectivity index (χ0v) is 13.9. The molecule has 1 saturated heterocycles. The van der Waals surface area contributed by atoms with Gasteiger partial charge in [-0.25, -0.2) is 13.2 Å². The molecule has 3 rings (SSSR count). The van der Waals surface area contributed by atoms with Crippen LogP contribution in [0.25, 0.3) is 0 Å². The number of hydrogen-bond acceptors (Lipinski definition) is 5. The van der Waals surface area contributed by atoms with Gasteiger partial charge in [0.15, 0.2) is 15.6 Å². The summed E-state index contributed by atoms with van der Waals surface area (Å²) >= 11 is 5.99. The van der Waals surface area contributed by atoms with Gasteiger partial charge in [0.05, 0.1) is 28.7 Å². The highest BCUT2D eigenvalue weighted by Gasteiger charge is 2.62. The monoisotopic (exact) mass is 361 g/mol. The summed E-state index contributed by atoms with van der Waals surface area (Å²) in [6.07, 6.45) is -0.560. The number of amides is 1. The van der Waals surface area contributed by atoms with Crippen molar-refractivity contribution >= 4 is 33.2 Å². The van der Waals surface area contributed by atoms with E-state index in [-0.39, 0.29) is 16.1 Å². The molecule has 0 atom stereocenters. The molecular formula is C14H16ClNO6S. The molecule has 1 aliphatic carbocycles. The lowest BCUT2D eigenvalue weighted by Crippen LogP contribution is -2.62. The van der Waals surface area contributed by atoms with Gasteiger partial charge in [-0.05, 0) is 31.9 Å². The van der Waals surface area contributed by atoms with Crippen LogP contribution in [0.4, 0.5) is 10.5 Å². The quantitative estimate of drug-likeness (QED) is 0.713. The van der Waals surface area contributed by atoms with E-state index in [0.29, 0.717) is 26.1 Å². The number of sulfone groups is 1. The Morgan fingerprint density at radius 3 is 2.43 bits per heavy atom. The Labute approximate surface area is 138 Å². The van der Waals surface area contributed by atoms with Crippen LogP contribution in [0.1, 0.15) is 19.8 Å². The summed E-state index contributed by atoms with van der Waals surface area (Å²) in [6.45, 7) is 2.69. The molecular weight excluding hydrogens is 346 g/mol. The number of carbonyl (C=O) groups is 1. The minimum Gasteiger partial charge on any atom is -0.504 e. The molecule has 0 aromatic heterocycles. The van der Waals surface area contributed by atoms with Gasteiger partial charge in [0.2, 0.25) is 0 Å². The van der Waals surface area contributed by atoms with Crippen LogP contribution in [0.3, 0.4) is 0 Å². The number of anilines is 1. The normalized spacial score (nSPS) is 21.3. The molecule has 0 radical (unpaired) electrons. The predicted octanol–water partition coefficient (Wildman–Crippen LogP) is 2.48. The first-order valence-electron chi connectivity index (χ1n) is 6.94. The van der Waals surface area contributed by atoms with E-state index in [2.05, 4.69) is 0 Å². The Hall–Kier alpha value is -1.51. The van der Waals surface area contributed by atoms with Crippen molar-refractivity contribution in [2.45, 2.75) is 29.4 Å². The average molecular weight is 362 g/mol. The summed E-state index contributed by atoms with van der Waals surface area (Å²) in [6, 6.07) is 2.47. The summed E-state index contributed by atoms with van der Waals surface area (Å²) in [5, 5.41) is 20.8. The van der Waals surface area contributed by atoms with Crippen LogP contribution in [0.15, 0.2) is 17.0 Å². The summed E-state index contributed by atoms with van der Waals surface area (Å²) in [4.78, 5) is 10.3. The summed E-state index contributed by atoms with van der Waals surface area (Å²) in [7, 11) is -3.94. The maximum atomic E-state index is 13.0. The first-order valence-corrected chi connectivity index (χ1v) is 8.80. The molecule has 3 N–H and O–H groups in total. The molecule has 23 heavy (non-hydrogen) atoms. The van der Waals surface area contributed by atoms with E-state index in [0.717, 1.165) is 0 Å². The molecule has 0 unspecified atom stereocenters. The Balaban J connectivity index is 2.01. The zero-order valence-electron chi connectivity index (χ0n) is 12.3. The van der Waals surface area contributed by atoms with Gasteiger partial charge in [0.25, 0.3) is 0 Å². The van der Waals surface area contributed by atoms with Crippen LogP contribution in [0.2, 0.25) is 5.02 Å². The SMILES string of the molecule is CC1(S(=O)(=O)c2c(Cl)ccc(NC(=O)O)c2O)CC2(COC2)C1. The van der Waals surface area contributed by atoms with E-state index in [9.17, 15) is 18.3 Å². The van der Waals surface area contributed by atoms with E-state index >= 15 is 0 Å². The lowest BCUT2D eigenvalue weighted by Gasteiger charge is -2.58. The molecule has 1 aromatic carbocycles. The number of ether oxygens (including phenoxy) is 1. The first kappa shape index (κ1) is 16.4. The number of aromatic hydroxyl groups is 1. The second kappa shape index (κ2) is 4.99. The van der Waals surface area contributed by atoms with Gasteiger partial charge >= 0.3 is 6.09 Å². The van der Waals surface area contributed by atoms with Crippen molar-refractivity contribution in [2.75, 3.05) is 18.5 Å². The van der Waals surface area contributed by atoms with Gasteiger partial charge in [-0.1, -0.05) is 11.6 Å². The molecule has 1 spiro atoms. The lowest BCUT2D eigenvalue weighted by molar-refractivity contribution is -0.168. The zero-order chi connectivity index (χ0) is 17.0. The third kappa shape index (κ3) is 2.36. The van der Waals surface area contributed by atoms with E-state index < -0.39 is 31.3 Å². The minimum absolute atomic E-state index is 0.0964. The molecule has 2 fully saturated rings. The van der Waals surface area contributed by atoms with E-state index in [1.807, 2.05) is 5.32 Å². The average Bonchev–Trinajstić information content (AvgIpc) is 2.35. The van der Waals surface area contributed by atoms with Gasteiger partial charge in [-0.2, -0.15) is 0 Å². The van der Waals surface area contributed by atoms with Crippen molar-refractivity contribution in [1.82, 2.24) is 0 Å². The molecule has 2 aliphatic rings. The molecule has 126 valence electrons. The number of halogens is 1. The number of hydrogen-bond donors (Lipinski definition) is 3. The second-order valence-corrected chi connectivity index (χ2v) is 9.31. The molecule has 9 heteroatoms. The van der Waals surface area contributed by atoms with Crippen molar-refractivity contribution < 1.29 is 28.2 Å². The van der Waals surface area contributed by atoms with Crippen molar-refractivity contribution in [3.63, 3.8) is 0 Å². The van der Waals surface area contributed by atoms with Crippen molar-refractivity contribution in [2.24, 2.45) is 5.41 Å². The maximum absolute atomic E-state index is 13.0. The molecule has 7 nitrogen and oxygen atoms in total. The second-order valence-electron chi connectivity index (χ2n) is 6.50. The Morgan fingerprint density at radius 2 is 1.96 bits per heavy atom. The summed E-state index contributed by atoms with van der Waals surface area (Å²) in [5.41, 5.74) is -0.314. The summed E-state index contributed by atoms with van der Waals surface area (Å²) in [5.74, 6) is -0.674. The van der Waals surface area contributed by atoms with Crippen LogP contribution in [0, 0.1) is 5.41 Å². The summed E-state index contributed by atoms with van der Waals surface area (Å²) < 4.78 is 30.1. The van der Waals surface area contributed by atoms with Crippen molar-refractivity contribution in [1.29, 1.82) is 0 Å². The molecule has 1 amide bonds. The van der Waals surface area contributed by atoms with Gasteiger partial charge in [-0.15, -0.1) is 0 Å². The number of carboxylic acid groups (broad SMARTS) is 1. The molecule has 1 saturated carbocycles.